The van der Waals surface area contributed by atoms with Crippen LogP contribution in [0.15, 0.2) is 28.7 Å². The molecule has 1 aromatic carbocycles. The second-order valence-corrected chi connectivity index (χ2v) is 6.12. The SMILES string of the molecule is CC(O)C1CCCN(CCCc2nc3ccccc3o2)C1. The molecule has 2 atom stereocenters. The first-order chi connectivity index (χ1) is 10.2. The Morgan fingerprint density at radius 2 is 2.29 bits per heavy atom. The van der Waals surface area contributed by atoms with Crippen LogP contribution in [0, 0.1) is 5.92 Å². The summed E-state index contributed by atoms with van der Waals surface area (Å²) in [5.41, 5.74) is 1.82. The van der Waals surface area contributed by atoms with Crippen LogP contribution in [-0.4, -0.2) is 40.7 Å². The minimum atomic E-state index is -0.190. The summed E-state index contributed by atoms with van der Waals surface area (Å²) in [7, 11) is 0. The van der Waals surface area contributed by atoms with E-state index in [9.17, 15) is 5.11 Å². The number of para-hydroxylation sites is 2. The van der Waals surface area contributed by atoms with Gasteiger partial charge in [-0.1, -0.05) is 12.1 Å². The summed E-state index contributed by atoms with van der Waals surface area (Å²) in [6, 6.07) is 7.91. The number of benzene rings is 1. The molecule has 2 heterocycles. The Bertz CT molecular complexity index is 546. The fraction of sp³-hybridized carbons (Fsp3) is 0.588. The second-order valence-electron chi connectivity index (χ2n) is 6.12. The summed E-state index contributed by atoms with van der Waals surface area (Å²) in [5, 5.41) is 9.73. The number of oxazole rings is 1. The molecule has 2 aromatic rings. The number of fused-ring (bicyclic) bond motifs is 1. The molecule has 0 saturated carbocycles. The molecule has 1 saturated heterocycles. The van der Waals surface area contributed by atoms with E-state index < -0.39 is 0 Å². The fourth-order valence-corrected chi connectivity index (χ4v) is 3.17. The molecule has 3 rings (SSSR count). The van der Waals surface area contributed by atoms with Gasteiger partial charge < -0.3 is 14.4 Å². The fourth-order valence-electron chi connectivity index (χ4n) is 3.17. The summed E-state index contributed by atoms with van der Waals surface area (Å²) in [5.74, 6) is 1.27. The van der Waals surface area contributed by atoms with E-state index in [2.05, 4.69) is 9.88 Å². The molecule has 0 spiro atoms. The van der Waals surface area contributed by atoms with Gasteiger partial charge in [-0.25, -0.2) is 4.98 Å². The van der Waals surface area contributed by atoms with Crippen molar-refractivity contribution in [2.24, 2.45) is 5.92 Å². The third kappa shape index (κ3) is 3.63. The number of nitrogens with zero attached hydrogens (tertiary/aromatic N) is 2. The molecule has 1 N–H and O–H groups in total. The summed E-state index contributed by atoms with van der Waals surface area (Å²) in [4.78, 5) is 6.98. The van der Waals surface area contributed by atoms with Crippen molar-refractivity contribution in [3.8, 4) is 0 Å². The third-order valence-electron chi connectivity index (χ3n) is 4.43. The number of aliphatic hydroxyl groups excluding tert-OH is 1. The number of hydrogen-bond donors (Lipinski definition) is 1. The molecule has 4 nitrogen and oxygen atoms in total. The number of hydrogen-bond acceptors (Lipinski definition) is 4. The lowest BCUT2D eigenvalue weighted by atomic mass is 9.93. The molecule has 0 amide bonds. The average Bonchev–Trinajstić information content (AvgIpc) is 2.90. The highest BCUT2D eigenvalue weighted by atomic mass is 16.3. The van der Waals surface area contributed by atoms with Crippen molar-refractivity contribution >= 4 is 11.1 Å². The number of aromatic nitrogens is 1. The van der Waals surface area contributed by atoms with Crippen LogP contribution in [0.3, 0.4) is 0 Å². The molecule has 0 aliphatic carbocycles. The molecule has 2 unspecified atom stereocenters. The van der Waals surface area contributed by atoms with Gasteiger partial charge in [0.2, 0.25) is 0 Å². The lowest BCUT2D eigenvalue weighted by Gasteiger charge is -2.34. The largest absolute Gasteiger partial charge is 0.441 e. The van der Waals surface area contributed by atoms with Crippen LogP contribution in [0.4, 0.5) is 0 Å². The molecule has 114 valence electrons. The van der Waals surface area contributed by atoms with E-state index >= 15 is 0 Å². The number of piperidine rings is 1. The van der Waals surface area contributed by atoms with Crippen molar-refractivity contribution in [3.05, 3.63) is 30.2 Å². The van der Waals surface area contributed by atoms with Gasteiger partial charge in [0, 0.05) is 13.0 Å². The predicted molar refractivity (Wildman–Crippen MR) is 83.2 cm³/mol. The Morgan fingerprint density at radius 3 is 3.10 bits per heavy atom. The highest BCUT2D eigenvalue weighted by Gasteiger charge is 2.23. The molecule has 4 heteroatoms. The lowest BCUT2D eigenvalue weighted by molar-refractivity contribution is 0.0623. The number of aliphatic hydroxyl groups is 1. The van der Waals surface area contributed by atoms with Gasteiger partial charge >= 0.3 is 0 Å². The molecular formula is C17H24N2O2. The van der Waals surface area contributed by atoms with E-state index in [-0.39, 0.29) is 6.10 Å². The van der Waals surface area contributed by atoms with Gasteiger partial charge in [-0.2, -0.15) is 0 Å². The summed E-state index contributed by atoms with van der Waals surface area (Å²) >= 11 is 0. The van der Waals surface area contributed by atoms with Crippen molar-refractivity contribution in [1.29, 1.82) is 0 Å². The summed E-state index contributed by atoms with van der Waals surface area (Å²) < 4.78 is 5.75. The topological polar surface area (TPSA) is 49.5 Å². The van der Waals surface area contributed by atoms with Crippen molar-refractivity contribution < 1.29 is 9.52 Å². The maximum atomic E-state index is 9.73. The van der Waals surface area contributed by atoms with Crippen LogP contribution in [0.5, 0.6) is 0 Å². The Hall–Kier alpha value is -1.39. The van der Waals surface area contributed by atoms with Crippen LogP contribution < -0.4 is 0 Å². The standard InChI is InChI=1S/C17H24N2O2/c1-13(20)14-6-4-10-19(12-14)11-5-9-17-18-15-7-2-3-8-16(15)21-17/h2-3,7-8,13-14,20H,4-6,9-12H2,1H3. The highest BCUT2D eigenvalue weighted by Crippen LogP contribution is 2.20. The Morgan fingerprint density at radius 1 is 1.43 bits per heavy atom. The molecule has 21 heavy (non-hydrogen) atoms. The third-order valence-corrected chi connectivity index (χ3v) is 4.43. The zero-order chi connectivity index (χ0) is 14.7. The number of aryl methyl sites for hydroxylation is 1. The first kappa shape index (κ1) is 14.5. The van der Waals surface area contributed by atoms with Crippen molar-refractivity contribution in [2.75, 3.05) is 19.6 Å². The molecule has 1 fully saturated rings. The van der Waals surface area contributed by atoms with E-state index in [1.54, 1.807) is 0 Å². The van der Waals surface area contributed by atoms with Crippen LogP contribution in [0.25, 0.3) is 11.1 Å². The molecule has 0 radical (unpaired) electrons. The monoisotopic (exact) mass is 288 g/mol. The van der Waals surface area contributed by atoms with Gasteiger partial charge in [0.1, 0.15) is 5.52 Å². The van der Waals surface area contributed by atoms with Crippen LogP contribution in [-0.2, 0) is 6.42 Å². The normalized spacial score (nSPS) is 21.7. The first-order valence-corrected chi connectivity index (χ1v) is 7.97. The van der Waals surface area contributed by atoms with E-state index in [0.29, 0.717) is 5.92 Å². The minimum Gasteiger partial charge on any atom is -0.441 e. The smallest absolute Gasteiger partial charge is 0.195 e. The van der Waals surface area contributed by atoms with Crippen molar-refractivity contribution in [1.82, 2.24) is 9.88 Å². The minimum absolute atomic E-state index is 0.190. The van der Waals surface area contributed by atoms with Gasteiger partial charge in [-0.3, -0.25) is 0 Å². The molecular weight excluding hydrogens is 264 g/mol. The van der Waals surface area contributed by atoms with E-state index in [4.69, 9.17) is 4.42 Å². The summed E-state index contributed by atoms with van der Waals surface area (Å²) in [6.07, 6.45) is 4.09. The molecule has 1 aliphatic heterocycles. The lowest BCUT2D eigenvalue weighted by Crippen LogP contribution is -2.40. The van der Waals surface area contributed by atoms with Crippen molar-refractivity contribution in [2.45, 2.75) is 38.7 Å². The summed E-state index contributed by atoms with van der Waals surface area (Å²) in [6.45, 7) is 5.14. The van der Waals surface area contributed by atoms with Gasteiger partial charge in [0.15, 0.2) is 11.5 Å². The highest BCUT2D eigenvalue weighted by molar-refractivity contribution is 5.72. The molecule has 0 bridgehead atoms. The Balaban J connectivity index is 1.49. The van der Waals surface area contributed by atoms with E-state index in [1.807, 2.05) is 31.2 Å². The number of likely N-dealkylation sites (tertiary alicyclic amines) is 1. The maximum absolute atomic E-state index is 9.73. The van der Waals surface area contributed by atoms with Crippen molar-refractivity contribution in [3.63, 3.8) is 0 Å². The van der Waals surface area contributed by atoms with Gasteiger partial charge in [-0.05, 0) is 57.3 Å². The number of rotatable bonds is 5. The Labute approximate surface area is 125 Å². The van der Waals surface area contributed by atoms with Crippen LogP contribution in [0.1, 0.15) is 32.1 Å². The zero-order valence-electron chi connectivity index (χ0n) is 12.7. The second kappa shape index (κ2) is 6.58. The maximum Gasteiger partial charge on any atom is 0.195 e. The van der Waals surface area contributed by atoms with Gasteiger partial charge in [0.05, 0.1) is 6.10 Å². The molecule has 1 aliphatic rings. The molecule has 1 aromatic heterocycles. The van der Waals surface area contributed by atoms with E-state index in [1.165, 1.54) is 6.42 Å². The zero-order valence-corrected chi connectivity index (χ0v) is 12.7. The first-order valence-electron chi connectivity index (χ1n) is 7.97. The van der Waals surface area contributed by atoms with Crippen LogP contribution in [0.2, 0.25) is 0 Å². The quantitative estimate of drug-likeness (QED) is 0.919. The van der Waals surface area contributed by atoms with Crippen LogP contribution >= 0.6 is 0 Å². The Kier molecular flexibility index (Phi) is 4.56. The average molecular weight is 288 g/mol. The van der Waals surface area contributed by atoms with E-state index in [0.717, 1.165) is 55.9 Å². The van der Waals surface area contributed by atoms with Gasteiger partial charge in [0.25, 0.3) is 0 Å². The van der Waals surface area contributed by atoms with Gasteiger partial charge in [-0.15, -0.1) is 0 Å². The predicted octanol–water partition coefficient (Wildman–Crippen LogP) is 2.85.